The van der Waals surface area contributed by atoms with Gasteiger partial charge in [-0.2, -0.15) is 0 Å². The molecule has 2 rings (SSSR count). The van der Waals surface area contributed by atoms with Crippen LogP contribution in [0.1, 0.15) is 18.5 Å². The Morgan fingerprint density at radius 2 is 2.24 bits per heavy atom. The highest BCUT2D eigenvalue weighted by Gasteiger charge is 2.33. The van der Waals surface area contributed by atoms with Crippen molar-refractivity contribution in [1.29, 1.82) is 0 Å². The molecule has 2 atom stereocenters. The van der Waals surface area contributed by atoms with Gasteiger partial charge in [-0.1, -0.05) is 0 Å². The van der Waals surface area contributed by atoms with Crippen LogP contribution in [0.15, 0.2) is 12.1 Å². The van der Waals surface area contributed by atoms with Gasteiger partial charge < -0.3 is 10.4 Å². The SMILES string of the molecule is CC(CO)NC1C(=O)Nc2c(F)cc(F)cc21. The third-order valence-electron chi connectivity index (χ3n) is 2.63. The smallest absolute Gasteiger partial charge is 0.246 e. The quantitative estimate of drug-likeness (QED) is 0.739. The maximum Gasteiger partial charge on any atom is 0.246 e. The van der Waals surface area contributed by atoms with E-state index in [0.29, 0.717) is 0 Å². The molecule has 3 N–H and O–H groups in total. The van der Waals surface area contributed by atoms with Crippen LogP contribution in [-0.2, 0) is 4.79 Å². The molecule has 0 saturated carbocycles. The molecule has 0 radical (unpaired) electrons. The predicted molar refractivity (Wildman–Crippen MR) is 57.4 cm³/mol. The first-order valence-electron chi connectivity index (χ1n) is 5.19. The van der Waals surface area contributed by atoms with Crippen LogP contribution in [0.3, 0.4) is 0 Å². The number of nitrogens with one attached hydrogen (secondary N) is 2. The molecule has 1 aliphatic heterocycles. The summed E-state index contributed by atoms with van der Waals surface area (Å²) in [6.45, 7) is 1.50. The highest BCUT2D eigenvalue weighted by atomic mass is 19.1. The molecule has 0 saturated heterocycles. The summed E-state index contributed by atoms with van der Waals surface area (Å²) >= 11 is 0. The van der Waals surface area contributed by atoms with Crippen LogP contribution < -0.4 is 10.6 Å². The minimum absolute atomic E-state index is 0.000889. The monoisotopic (exact) mass is 242 g/mol. The number of hydrogen-bond acceptors (Lipinski definition) is 3. The molecule has 0 aromatic heterocycles. The number of aliphatic hydroxyl groups excluding tert-OH is 1. The highest BCUT2D eigenvalue weighted by molar-refractivity contribution is 6.02. The molecule has 92 valence electrons. The van der Waals surface area contributed by atoms with Crippen molar-refractivity contribution in [1.82, 2.24) is 5.32 Å². The molecular formula is C11H12F2N2O2. The second-order valence-electron chi connectivity index (χ2n) is 4.02. The van der Waals surface area contributed by atoms with Crippen molar-refractivity contribution >= 4 is 11.6 Å². The number of carbonyl (C=O) groups is 1. The van der Waals surface area contributed by atoms with Crippen molar-refractivity contribution in [2.75, 3.05) is 11.9 Å². The number of anilines is 1. The van der Waals surface area contributed by atoms with E-state index in [1.807, 2.05) is 0 Å². The van der Waals surface area contributed by atoms with E-state index in [1.165, 1.54) is 0 Å². The van der Waals surface area contributed by atoms with Crippen molar-refractivity contribution in [3.63, 3.8) is 0 Å². The summed E-state index contributed by atoms with van der Waals surface area (Å²) < 4.78 is 26.5. The maximum absolute atomic E-state index is 13.4. The van der Waals surface area contributed by atoms with Gasteiger partial charge in [-0.3, -0.25) is 10.1 Å². The fourth-order valence-electron chi connectivity index (χ4n) is 1.79. The van der Waals surface area contributed by atoms with Crippen molar-refractivity contribution in [3.05, 3.63) is 29.3 Å². The topological polar surface area (TPSA) is 61.4 Å². The van der Waals surface area contributed by atoms with Crippen molar-refractivity contribution in [3.8, 4) is 0 Å². The molecule has 0 spiro atoms. The molecule has 0 aliphatic carbocycles. The average Bonchev–Trinajstić information content (AvgIpc) is 2.57. The largest absolute Gasteiger partial charge is 0.395 e. The Kier molecular flexibility index (Phi) is 3.08. The van der Waals surface area contributed by atoms with E-state index in [9.17, 15) is 13.6 Å². The van der Waals surface area contributed by atoms with Crippen molar-refractivity contribution in [2.45, 2.75) is 19.0 Å². The fourth-order valence-corrected chi connectivity index (χ4v) is 1.79. The van der Waals surface area contributed by atoms with E-state index in [-0.39, 0.29) is 23.9 Å². The summed E-state index contributed by atoms with van der Waals surface area (Å²) in [6, 6.07) is 0.648. The Bertz CT molecular complexity index is 465. The lowest BCUT2D eigenvalue weighted by Gasteiger charge is -2.16. The van der Waals surface area contributed by atoms with Crippen molar-refractivity contribution in [2.24, 2.45) is 0 Å². The van der Waals surface area contributed by atoms with E-state index in [4.69, 9.17) is 5.11 Å². The summed E-state index contributed by atoms with van der Waals surface area (Å²) in [7, 11) is 0. The Hall–Kier alpha value is -1.53. The molecule has 1 heterocycles. The zero-order valence-electron chi connectivity index (χ0n) is 9.13. The molecule has 1 aromatic rings. The van der Waals surface area contributed by atoms with Gasteiger partial charge in [0.1, 0.15) is 17.7 Å². The predicted octanol–water partition coefficient (Wildman–Crippen LogP) is 0.928. The third-order valence-corrected chi connectivity index (χ3v) is 2.63. The number of rotatable bonds is 3. The summed E-state index contributed by atoms with van der Waals surface area (Å²) in [5.41, 5.74) is 0.229. The van der Waals surface area contributed by atoms with Crippen LogP contribution in [0.4, 0.5) is 14.5 Å². The van der Waals surface area contributed by atoms with Gasteiger partial charge in [-0.25, -0.2) is 8.78 Å². The van der Waals surface area contributed by atoms with Crippen LogP contribution in [-0.4, -0.2) is 23.7 Å². The first kappa shape index (κ1) is 11.9. The van der Waals surface area contributed by atoms with E-state index >= 15 is 0 Å². The Labute approximate surface area is 96.6 Å². The van der Waals surface area contributed by atoms with Gasteiger partial charge in [-0.15, -0.1) is 0 Å². The summed E-state index contributed by atoms with van der Waals surface area (Å²) in [5.74, 6) is -1.99. The van der Waals surface area contributed by atoms with Gasteiger partial charge in [0, 0.05) is 17.7 Å². The van der Waals surface area contributed by atoms with Crippen LogP contribution in [0.25, 0.3) is 0 Å². The molecule has 0 bridgehead atoms. The molecule has 6 heteroatoms. The Morgan fingerprint density at radius 3 is 2.88 bits per heavy atom. The summed E-state index contributed by atoms with van der Waals surface area (Å²) in [6.07, 6.45) is 0. The van der Waals surface area contributed by atoms with Gasteiger partial charge in [0.15, 0.2) is 0 Å². The fraction of sp³-hybridized carbons (Fsp3) is 0.364. The van der Waals surface area contributed by atoms with Crippen LogP contribution in [0.5, 0.6) is 0 Å². The zero-order chi connectivity index (χ0) is 12.6. The molecule has 2 unspecified atom stereocenters. The molecule has 17 heavy (non-hydrogen) atoms. The third kappa shape index (κ3) is 2.13. The van der Waals surface area contributed by atoms with Gasteiger partial charge >= 0.3 is 0 Å². The number of hydrogen-bond donors (Lipinski definition) is 3. The molecule has 1 aliphatic rings. The minimum atomic E-state index is -0.836. The normalized spacial score (nSPS) is 20.0. The lowest BCUT2D eigenvalue weighted by atomic mass is 10.1. The lowest BCUT2D eigenvalue weighted by molar-refractivity contribution is -0.117. The number of fused-ring (bicyclic) bond motifs is 1. The van der Waals surface area contributed by atoms with Gasteiger partial charge in [0.25, 0.3) is 0 Å². The number of aliphatic hydroxyl groups is 1. The Morgan fingerprint density at radius 1 is 1.53 bits per heavy atom. The number of benzene rings is 1. The molecular weight excluding hydrogens is 230 g/mol. The average molecular weight is 242 g/mol. The van der Waals surface area contributed by atoms with E-state index in [1.54, 1.807) is 6.92 Å². The molecule has 0 fully saturated rings. The summed E-state index contributed by atoms with van der Waals surface area (Å²) in [4.78, 5) is 11.6. The minimum Gasteiger partial charge on any atom is -0.395 e. The number of carbonyl (C=O) groups excluding carboxylic acids is 1. The molecule has 1 aromatic carbocycles. The van der Waals surface area contributed by atoms with E-state index in [2.05, 4.69) is 10.6 Å². The second kappa shape index (κ2) is 4.38. The molecule has 1 amide bonds. The van der Waals surface area contributed by atoms with Crippen molar-refractivity contribution < 1.29 is 18.7 Å². The Balaban J connectivity index is 2.36. The van der Waals surface area contributed by atoms with Gasteiger partial charge in [0.2, 0.25) is 5.91 Å². The van der Waals surface area contributed by atoms with E-state index < -0.39 is 23.6 Å². The number of halogens is 2. The first-order chi connectivity index (χ1) is 8.02. The van der Waals surface area contributed by atoms with Gasteiger partial charge in [-0.05, 0) is 13.0 Å². The maximum atomic E-state index is 13.4. The summed E-state index contributed by atoms with van der Waals surface area (Å²) in [5, 5.41) is 14.0. The lowest BCUT2D eigenvalue weighted by Crippen LogP contribution is -2.36. The highest BCUT2D eigenvalue weighted by Crippen LogP contribution is 2.33. The van der Waals surface area contributed by atoms with Gasteiger partial charge in [0.05, 0.1) is 12.3 Å². The zero-order valence-corrected chi connectivity index (χ0v) is 9.13. The second-order valence-corrected chi connectivity index (χ2v) is 4.02. The van der Waals surface area contributed by atoms with E-state index in [0.717, 1.165) is 12.1 Å². The molecule has 4 nitrogen and oxygen atoms in total. The van der Waals surface area contributed by atoms with Crippen LogP contribution >= 0.6 is 0 Å². The standard InChI is InChI=1S/C11H12F2N2O2/c1-5(4-16)14-10-7-2-6(12)3-8(13)9(7)15-11(10)17/h2-3,5,10,14,16H,4H2,1H3,(H,15,17). The first-order valence-corrected chi connectivity index (χ1v) is 5.19. The van der Waals surface area contributed by atoms with Crippen LogP contribution in [0, 0.1) is 11.6 Å². The van der Waals surface area contributed by atoms with Crippen LogP contribution in [0.2, 0.25) is 0 Å². The number of amides is 1.